The van der Waals surface area contributed by atoms with E-state index in [0.717, 1.165) is 4.12 Å². The Kier molecular flexibility index (Phi) is 5.57. The fourth-order valence-electron chi connectivity index (χ4n) is 2.34. The molecule has 0 spiro atoms. The Hall–Kier alpha value is -0.237. The van der Waals surface area contributed by atoms with Crippen molar-refractivity contribution in [3.63, 3.8) is 0 Å². The molecule has 20 heavy (non-hydrogen) atoms. The molecule has 0 aliphatic heterocycles. The van der Waals surface area contributed by atoms with Gasteiger partial charge in [0.2, 0.25) is 0 Å². The third kappa shape index (κ3) is 5.63. The van der Waals surface area contributed by atoms with Crippen molar-refractivity contribution in [3.05, 3.63) is 17.7 Å². The Labute approximate surface area is 136 Å². The second-order valence-corrected chi connectivity index (χ2v) is 21.6. The van der Waals surface area contributed by atoms with Crippen molar-refractivity contribution in [2.24, 2.45) is 0 Å². The van der Waals surface area contributed by atoms with Crippen molar-refractivity contribution >= 4 is 49.0 Å². The molecule has 0 atom stereocenters. The Morgan fingerprint density at radius 3 is 1.90 bits per heavy atom. The van der Waals surface area contributed by atoms with Crippen molar-refractivity contribution in [3.8, 4) is 5.75 Å². The molecular formula is C15H24Ga2O3. The topological polar surface area (TPSA) is 57.5 Å². The van der Waals surface area contributed by atoms with Gasteiger partial charge in [-0.15, -0.1) is 0 Å². The summed E-state index contributed by atoms with van der Waals surface area (Å²) in [5.74, 6) is -0.995. The average Bonchev–Trinajstić information content (AvgIpc) is 2.17. The van der Waals surface area contributed by atoms with E-state index in [4.69, 9.17) is 0 Å². The summed E-state index contributed by atoms with van der Waals surface area (Å²) in [7, 11) is 0. The second-order valence-electron chi connectivity index (χ2n) is 7.93. The fraction of sp³-hybridized carbons (Fsp3) is 0.533. The van der Waals surface area contributed by atoms with Crippen LogP contribution >= 0.6 is 0 Å². The van der Waals surface area contributed by atoms with Gasteiger partial charge in [0.15, 0.2) is 0 Å². The van der Waals surface area contributed by atoms with E-state index in [2.05, 4.69) is 47.6 Å². The molecular weight excluding hydrogens is 368 g/mol. The van der Waals surface area contributed by atoms with Crippen LogP contribution in [0.25, 0.3) is 0 Å². The van der Waals surface area contributed by atoms with Crippen LogP contribution in [0.4, 0.5) is 0 Å². The number of hydrogen-bond donors (Lipinski definition) is 2. The number of aromatic carboxylic acids is 1. The van der Waals surface area contributed by atoms with Gasteiger partial charge in [-0.3, -0.25) is 0 Å². The molecule has 0 unspecified atom stereocenters. The van der Waals surface area contributed by atoms with Gasteiger partial charge < -0.3 is 0 Å². The van der Waals surface area contributed by atoms with E-state index in [1.165, 1.54) is 4.12 Å². The molecule has 0 saturated carbocycles. The van der Waals surface area contributed by atoms with Crippen LogP contribution in [0, 0.1) is 0 Å². The maximum absolute atomic E-state index is 11.3. The second kappa shape index (κ2) is 6.26. The first-order valence-electron chi connectivity index (χ1n) is 6.97. The zero-order valence-corrected chi connectivity index (χ0v) is 19.3. The van der Waals surface area contributed by atoms with Crippen LogP contribution < -0.4 is 8.24 Å². The molecule has 0 aromatic heterocycles. The minimum absolute atomic E-state index is 0.0208. The van der Waals surface area contributed by atoms with Crippen molar-refractivity contribution in [2.45, 2.75) is 49.5 Å². The first kappa shape index (κ1) is 17.8. The van der Waals surface area contributed by atoms with E-state index >= 15 is 0 Å². The summed E-state index contributed by atoms with van der Waals surface area (Å²) in [4.78, 5) is 11.3. The zero-order valence-electron chi connectivity index (χ0n) is 13.4. The van der Waals surface area contributed by atoms with Gasteiger partial charge in [-0.2, -0.15) is 0 Å². The normalized spacial score (nSPS) is 12.1. The first-order valence-corrected chi connectivity index (χ1v) is 12.9. The molecule has 0 amide bonds. The molecule has 3 nitrogen and oxygen atoms in total. The summed E-state index contributed by atoms with van der Waals surface area (Å²) in [6.45, 7) is 13.2. The van der Waals surface area contributed by atoms with Gasteiger partial charge in [0.25, 0.3) is 0 Å². The fourth-order valence-corrected chi connectivity index (χ4v) is 11.5. The Balaban J connectivity index is 3.32. The maximum atomic E-state index is 11.3. The van der Waals surface area contributed by atoms with Crippen LogP contribution in [-0.2, 0) is 0 Å². The Morgan fingerprint density at radius 2 is 1.50 bits per heavy atom. The number of benzene rings is 1. The van der Waals surface area contributed by atoms with Crippen LogP contribution in [0.1, 0.15) is 51.9 Å². The molecule has 1 rings (SSSR count). The predicted molar refractivity (Wildman–Crippen MR) is 88.1 cm³/mol. The molecule has 0 fully saturated rings. The van der Waals surface area contributed by atoms with Gasteiger partial charge in [0, 0.05) is 0 Å². The summed E-state index contributed by atoms with van der Waals surface area (Å²) in [6.07, 6.45) is 0. The molecule has 0 bridgehead atoms. The van der Waals surface area contributed by atoms with E-state index < -0.39 is 40.8 Å². The van der Waals surface area contributed by atoms with Crippen LogP contribution in [-0.4, -0.2) is 51.0 Å². The van der Waals surface area contributed by atoms with Crippen molar-refractivity contribution in [1.29, 1.82) is 0 Å². The number of aromatic hydroxyl groups is 1. The quantitative estimate of drug-likeness (QED) is 0.770. The Bertz CT molecular complexity index is 511. The summed E-state index contributed by atoms with van der Waals surface area (Å²) >= 11 is -2.24. The first-order chi connectivity index (χ1) is 8.89. The average molecular weight is 392 g/mol. The molecule has 0 aliphatic rings. The molecule has 0 heterocycles. The van der Waals surface area contributed by atoms with E-state index in [0.29, 0.717) is 0 Å². The Morgan fingerprint density at radius 1 is 1.00 bits per heavy atom. The summed E-state index contributed by atoms with van der Waals surface area (Å²) in [5.41, 5.74) is 0.0993. The number of carbonyl (C=O) groups is 1. The van der Waals surface area contributed by atoms with Crippen molar-refractivity contribution < 1.29 is 15.0 Å². The number of rotatable bonds is 3. The zero-order chi connectivity index (χ0) is 15.7. The van der Waals surface area contributed by atoms with E-state index in [9.17, 15) is 15.0 Å². The van der Waals surface area contributed by atoms with Gasteiger partial charge in [-0.05, 0) is 0 Å². The van der Waals surface area contributed by atoms with Crippen molar-refractivity contribution in [2.75, 3.05) is 0 Å². The van der Waals surface area contributed by atoms with Crippen LogP contribution in [0.5, 0.6) is 5.75 Å². The van der Waals surface area contributed by atoms with Gasteiger partial charge in [-0.1, -0.05) is 0 Å². The van der Waals surface area contributed by atoms with Crippen molar-refractivity contribution in [1.82, 2.24) is 0 Å². The molecule has 2 N–H and O–H groups in total. The van der Waals surface area contributed by atoms with E-state index in [1.807, 2.05) is 0 Å². The molecule has 0 aliphatic carbocycles. The predicted octanol–water partition coefficient (Wildman–Crippen LogP) is 1.65. The third-order valence-electron chi connectivity index (χ3n) is 2.93. The van der Waals surface area contributed by atoms with Crippen LogP contribution in [0.3, 0.4) is 0 Å². The third-order valence-corrected chi connectivity index (χ3v) is 11.0. The molecule has 1 aromatic rings. The number of phenols is 1. The van der Waals surface area contributed by atoms with Gasteiger partial charge in [0.1, 0.15) is 0 Å². The van der Waals surface area contributed by atoms with Gasteiger partial charge >= 0.3 is 137 Å². The summed E-state index contributed by atoms with van der Waals surface area (Å²) < 4.78 is 2.64. The number of carboxylic acid groups (broad SMARTS) is 1. The molecule has 1 aromatic carbocycles. The van der Waals surface area contributed by atoms with E-state index in [-0.39, 0.29) is 19.3 Å². The summed E-state index contributed by atoms with van der Waals surface area (Å²) in [6, 6.07) is 3.82. The number of hydrogen-bond acceptors (Lipinski definition) is 2. The molecule has 0 radical (unpaired) electrons. The van der Waals surface area contributed by atoms with Gasteiger partial charge in [-0.25, -0.2) is 0 Å². The van der Waals surface area contributed by atoms with Crippen LogP contribution in [0.2, 0.25) is 7.94 Å². The molecule has 0 saturated heterocycles. The minimum atomic E-state index is -1.20. The standard InChI is InChI=1S/C7H4O3.2C4H9.2Ga.2H/c8-6-4-2-1-3-5(6)7(9)10;2*1-4(2)3;;;;/h2-3,8H,(H,9,10);2*1-3H3;;;;. The monoisotopic (exact) mass is 390 g/mol. The summed E-state index contributed by atoms with van der Waals surface area (Å²) in [5, 5.41) is 19.5. The molecule has 108 valence electrons. The van der Waals surface area contributed by atoms with E-state index in [1.54, 1.807) is 6.07 Å². The number of carboxylic acids is 1. The molecule has 5 heteroatoms. The van der Waals surface area contributed by atoms with Crippen LogP contribution in [0.15, 0.2) is 12.1 Å². The SMILES string of the molecule is C[C](C)(C)[GaH][c]1c[c]([GaH][C](C)(C)C)c(O)c(C(=O)O)c1. The van der Waals surface area contributed by atoms with Gasteiger partial charge in [0.05, 0.1) is 0 Å².